The van der Waals surface area contributed by atoms with Crippen LogP contribution in [0.1, 0.15) is 15.9 Å². The van der Waals surface area contributed by atoms with Crippen molar-refractivity contribution in [1.29, 1.82) is 0 Å². The molecule has 3 rings (SSSR count). The monoisotopic (exact) mass is 284 g/mol. The summed E-state index contributed by atoms with van der Waals surface area (Å²) in [4.78, 5) is 28.3. The number of pyridine rings is 1. The summed E-state index contributed by atoms with van der Waals surface area (Å²) in [5, 5.41) is 3.21. The molecule has 1 amide bonds. The van der Waals surface area contributed by atoms with E-state index in [2.05, 4.69) is 10.3 Å². The maximum atomic E-state index is 12.3. The molecule has 1 aliphatic heterocycles. The number of carbonyl (C=O) groups excluding carboxylic acids is 2. The van der Waals surface area contributed by atoms with E-state index < -0.39 is 5.91 Å². The molecule has 0 bridgehead atoms. The number of Topliss-reactive ketones (excluding diaryl/α,β-unsaturated/α-hetero) is 1. The second-order valence-corrected chi connectivity index (χ2v) is 4.73. The van der Waals surface area contributed by atoms with E-state index in [0.717, 1.165) is 5.56 Å². The van der Waals surface area contributed by atoms with E-state index in [1.807, 2.05) is 0 Å². The molecule has 0 radical (unpaired) electrons. The van der Waals surface area contributed by atoms with Crippen LogP contribution in [-0.4, -0.2) is 16.7 Å². The van der Waals surface area contributed by atoms with E-state index >= 15 is 0 Å². The van der Waals surface area contributed by atoms with Crippen LogP contribution in [0.25, 0.3) is 6.08 Å². The van der Waals surface area contributed by atoms with Gasteiger partial charge in [-0.05, 0) is 35.9 Å². The molecule has 0 unspecified atom stereocenters. The number of hydrogen-bond donors (Lipinski definition) is 1. The summed E-state index contributed by atoms with van der Waals surface area (Å²) in [5.41, 5.74) is 1.22. The molecule has 1 aromatic heterocycles. The Kier molecular flexibility index (Phi) is 3.08. The number of rotatable bonds is 1. The predicted octanol–water partition coefficient (Wildman–Crippen LogP) is 2.95. The van der Waals surface area contributed by atoms with Crippen molar-refractivity contribution in [1.82, 2.24) is 4.98 Å². The average Bonchev–Trinajstić information content (AvgIpc) is 2.45. The Balaban J connectivity index is 2.04. The van der Waals surface area contributed by atoms with Crippen molar-refractivity contribution >= 4 is 35.2 Å². The van der Waals surface area contributed by atoms with Crippen molar-refractivity contribution in [2.45, 2.75) is 0 Å². The lowest BCUT2D eigenvalue weighted by Gasteiger charge is -2.16. The Morgan fingerprint density at radius 2 is 1.85 bits per heavy atom. The van der Waals surface area contributed by atoms with Crippen LogP contribution < -0.4 is 5.32 Å². The maximum absolute atomic E-state index is 12.3. The van der Waals surface area contributed by atoms with Gasteiger partial charge in [0, 0.05) is 11.2 Å². The van der Waals surface area contributed by atoms with Gasteiger partial charge in [0.25, 0.3) is 5.91 Å². The van der Waals surface area contributed by atoms with Crippen LogP contribution in [0.2, 0.25) is 5.02 Å². The zero-order chi connectivity index (χ0) is 14.1. The van der Waals surface area contributed by atoms with Crippen LogP contribution in [0.3, 0.4) is 0 Å². The first kappa shape index (κ1) is 12.6. The number of aromatic nitrogens is 1. The number of benzene rings is 1. The van der Waals surface area contributed by atoms with Gasteiger partial charge in [0.1, 0.15) is 5.82 Å². The van der Waals surface area contributed by atoms with E-state index in [0.29, 0.717) is 16.4 Å². The van der Waals surface area contributed by atoms with Gasteiger partial charge in [0.15, 0.2) is 0 Å². The second-order valence-electron chi connectivity index (χ2n) is 4.29. The number of carbonyl (C=O) groups is 2. The first-order valence-corrected chi connectivity index (χ1v) is 6.31. The van der Waals surface area contributed by atoms with Crippen LogP contribution in [0, 0.1) is 0 Å². The van der Waals surface area contributed by atoms with Gasteiger partial charge in [-0.2, -0.15) is 0 Å². The van der Waals surface area contributed by atoms with Crippen molar-refractivity contribution in [2.75, 3.05) is 5.32 Å². The first-order chi connectivity index (χ1) is 9.65. The molecule has 5 heteroatoms. The molecular formula is C15H9ClN2O2. The zero-order valence-electron chi connectivity index (χ0n) is 10.3. The number of ketones is 1. The fourth-order valence-corrected chi connectivity index (χ4v) is 2.09. The van der Waals surface area contributed by atoms with Crippen molar-refractivity contribution < 1.29 is 9.59 Å². The van der Waals surface area contributed by atoms with Gasteiger partial charge in [-0.3, -0.25) is 9.59 Å². The topological polar surface area (TPSA) is 59.1 Å². The van der Waals surface area contributed by atoms with Crippen molar-refractivity contribution in [3.8, 4) is 0 Å². The van der Waals surface area contributed by atoms with Gasteiger partial charge in [-0.15, -0.1) is 0 Å². The lowest BCUT2D eigenvalue weighted by Crippen LogP contribution is -2.28. The number of anilines is 1. The van der Waals surface area contributed by atoms with E-state index in [9.17, 15) is 9.59 Å². The van der Waals surface area contributed by atoms with E-state index in [1.54, 1.807) is 42.5 Å². The highest BCUT2D eigenvalue weighted by Gasteiger charge is 2.28. The van der Waals surface area contributed by atoms with Crippen LogP contribution in [-0.2, 0) is 4.79 Å². The zero-order valence-corrected chi connectivity index (χ0v) is 11.0. The van der Waals surface area contributed by atoms with E-state index in [4.69, 9.17) is 11.6 Å². The van der Waals surface area contributed by atoms with Gasteiger partial charge in [0.05, 0.1) is 11.1 Å². The number of amides is 1. The van der Waals surface area contributed by atoms with Crippen LogP contribution in [0.5, 0.6) is 0 Å². The first-order valence-electron chi connectivity index (χ1n) is 5.93. The van der Waals surface area contributed by atoms with E-state index in [1.165, 1.54) is 6.20 Å². The van der Waals surface area contributed by atoms with Crippen molar-refractivity contribution in [3.63, 3.8) is 0 Å². The van der Waals surface area contributed by atoms with Gasteiger partial charge in [-0.25, -0.2) is 4.98 Å². The second kappa shape index (κ2) is 4.90. The Bertz CT molecular complexity index is 736. The Morgan fingerprint density at radius 1 is 1.10 bits per heavy atom. The number of nitrogens with zero attached hydrogens (tertiary/aromatic N) is 1. The number of hydrogen-bond acceptors (Lipinski definition) is 3. The molecule has 4 nitrogen and oxygen atoms in total. The average molecular weight is 285 g/mol. The smallest absolute Gasteiger partial charge is 0.260 e. The Labute approximate surface area is 120 Å². The van der Waals surface area contributed by atoms with Crippen LogP contribution in [0.4, 0.5) is 5.82 Å². The molecule has 1 aliphatic rings. The summed E-state index contributed by atoms with van der Waals surface area (Å²) in [5.74, 6) is -0.473. The molecule has 0 atom stereocenters. The SMILES string of the molecule is O=C1Nc2ncccc2C(=O)/C1=C/c1ccc(Cl)cc1. The third-order valence-corrected chi connectivity index (χ3v) is 3.21. The molecule has 2 heterocycles. The lowest BCUT2D eigenvalue weighted by atomic mass is 9.97. The normalized spacial score (nSPS) is 15.9. The maximum Gasteiger partial charge on any atom is 0.260 e. The van der Waals surface area contributed by atoms with Gasteiger partial charge < -0.3 is 5.32 Å². The summed E-state index contributed by atoms with van der Waals surface area (Å²) in [6.45, 7) is 0. The van der Waals surface area contributed by atoms with E-state index in [-0.39, 0.29) is 11.4 Å². The molecule has 0 saturated carbocycles. The molecule has 98 valence electrons. The van der Waals surface area contributed by atoms with Crippen LogP contribution in [0.15, 0.2) is 48.2 Å². The summed E-state index contributed by atoms with van der Waals surface area (Å²) in [7, 11) is 0. The standard InChI is InChI=1S/C15H9ClN2O2/c16-10-5-3-9(4-6-10)8-12-13(19)11-2-1-7-17-14(11)18-15(12)20/h1-8H,(H,17,18,20)/b12-8-. The molecule has 1 aromatic carbocycles. The molecule has 1 N–H and O–H groups in total. The quantitative estimate of drug-likeness (QED) is 0.647. The van der Waals surface area contributed by atoms with Gasteiger partial charge >= 0.3 is 0 Å². The summed E-state index contributed by atoms with van der Waals surface area (Å²) >= 11 is 5.80. The summed E-state index contributed by atoms with van der Waals surface area (Å²) in [6.07, 6.45) is 3.07. The summed E-state index contributed by atoms with van der Waals surface area (Å²) < 4.78 is 0. The number of nitrogens with one attached hydrogen (secondary N) is 1. The number of fused-ring (bicyclic) bond motifs is 1. The number of halogens is 1. The predicted molar refractivity (Wildman–Crippen MR) is 76.6 cm³/mol. The third kappa shape index (κ3) is 2.21. The molecule has 0 spiro atoms. The third-order valence-electron chi connectivity index (χ3n) is 2.95. The van der Waals surface area contributed by atoms with Gasteiger partial charge in [-0.1, -0.05) is 23.7 Å². The highest BCUT2D eigenvalue weighted by molar-refractivity contribution is 6.35. The molecule has 0 saturated heterocycles. The highest BCUT2D eigenvalue weighted by atomic mass is 35.5. The van der Waals surface area contributed by atoms with Crippen molar-refractivity contribution in [2.24, 2.45) is 0 Å². The van der Waals surface area contributed by atoms with Crippen LogP contribution >= 0.6 is 11.6 Å². The minimum Gasteiger partial charge on any atom is -0.306 e. The highest BCUT2D eigenvalue weighted by Crippen LogP contribution is 2.24. The minimum absolute atomic E-state index is 0.0906. The lowest BCUT2D eigenvalue weighted by molar-refractivity contribution is -0.112. The Morgan fingerprint density at radius 3 is 2.60 bits per heavy atom. The fraction of sp³-hybridized carbons (Fsp3) is 0. The molecular weight excluding hydrogens is 276 g/mol. The largest absolute Gasteiger partial charge is 0.306 e. The summed E-state index contributed by atoms with van der Waals surface area (Å²) in [6, 6.07) is 10.2. The molecule has 2 aromatic rings. The van der Waals surface area contributed by atoms with Gasteiger partial charge in [0.2, 0.25) is 5.78 Å². The molecule has 0 fully saturated rings. The molecule has 20 heavy (non-hydrogen) atoms. The Hall–Kier alpha value is -2.46. The molecule has 0 aliphatic carbocycles. The fourth-order valence-electron chi connectivity index (χ4n) is 1.97. The van der Waals surface area contributed by atoms with Crippen molar-refractivity contribution in [3.05, 3.63) is 64.3 Å². The minimum atomic E-state index is -0.448.